The first kappa shape index (κ1) is 62.3. The maximum absolute atomic E-state index is 14.2. The number of hydrogen-bond acceptors (Lipinski definition) is 16. The van der Waals surface area contributed by atoms with Crippen LogP contribution in [0.2, 0.25) is 5.02 Å². The van der Waals surface area contributed by atoms with Crippen molar-refractivity contribution in [3.8, 4) is 17.2 Å². The molecule has 6 aliphatic rings. The first-order valence-electron chi connectivity index (χ1n) is 31.5. The molecule has 4 amide bonds. The van der Waals surface area contributed by atoms with E-state index in [4.69, 9.17) is 21.1 Å². The molecule has 1 saturated carbocycles. The summed E-state index contributed by atoms with van der Waals surface area (Å²) in [4.78, 5) is 82.0. The summed E-state index contributed by atoms with van der Waals surface area (Å²) < 4.78 is 42.8. The largest absolute Gasteiger partial charge is 0.493 e. The van der Waals surface area contributed by atoms with Gasteiger partial charge in [0.05, 0.1) is 34.7 Å². The van der Waals surface area contributed by atoms with E-state index in [0.29, 0.717) is 61.4 Å². The van der Waals surface area contributed by atoms with Gasteiger partial charge in [0.2, 0.25) is 11.8 Å². The Morgan fingerprint density at radius 2 is 1.63 bits per heavy atom. The van der Waals surface area contributed by atoms with Crippen molar-refractivity contribution in [2.45, 2.75) is 108 Å². The van der Waals surface area contributed by atoms with Crippen LogP contribution in [0.15, 0.2) is 114 Å². The summed E-state index contributed by atoms with van der Waals surface area (Å²) in [5, 5.41) is 19.7. The molecular formula is C67H78ClN11O10S. The number of anilines is 2. The number of nitro groups is 1. The quantitative estimate of drug-likeness (QED) is 0.0227. The van der Waals surface area contributed by atoms with Gasteiger partial charge in [-0.25, -0.2) is 18.1 Å². The smallest absolute Gasteiger partial charge is 0.293 e. The fraction of sp³-hybridized carbons (Fsp3) is 0.448. The Labute approximate surface area is 529 Å². The van der Waals surface area contributed by atoms with Crippen LogP contribution in [-0.2, 0) is 26.2 Å². The molecule has 0 bridgehead atoms. The molecule has 23 heteroatoms. The number of benzene rings is 4. The number of halogens is 1. The van der Waals surface area contributed by atoms with Crippen molar-refractivity contribution in [3.05, 3.63) is 146 Å². The van der Waals surface area contributed by atoms with Gasteiger partial charge in [0.1, 0.15) is 34.6 Å². The molecule has 474 valence electrons. The van der Waals surface area contributed by atoms with Gasteiger partial charge in [-0.15, -0.1) is 0 Å². The van der Waals surface area contributed by atoms with Crippen LogP contribution in [-0.4, -0.2) is 157 Å². The molecule has 4 fully saturated rings. The number of fused-ring (bicyclic) bond motifs is 2. The Hall–Kier alpha value is -7.89. The summed E-state index contributed by atoms with van der Waals surface area (Å²) in [5.74, 6) is -0.540. The second kappa shape index (κ2) is 26.9. The number of nitro benzene ring substituents is 1. The lowest BCUT2D eigenvalue weighted by Crippen LogP contribution is -2.52. The van der Waals surface area contributed by atoms with E-state index in [1.54, 1.807) is 47.5 Å². The van der Waals surface area contributed by atoms with Crippen LogP contribution in [0.3, 0.4) is 0 Å². The SMILES string of the molecule is CC1(C)CCC(CN2CCN(c3ccc(C(=O)NS(=O)(=O)c4ccc(NC[C@H]5CC[C@H](N6CCN(CCCCOc7cccc8c7CN(C7CCC(=O)NC7=O)C8=O)CC6)CC5)c([N+](=O)[O-])c4)c(Oc4cnc5[nH]ccc5c4)c3)CC2)=C(c2ccc(Cl)cc2)C1. The lowest BCUT2D eigenvalue weighted by molar-refractivity contribution is -0.384. The number of piperidine rings is 1. The van der Waals surface area contributed by atoms with E-state index < -0.39 is 43.4 Å². The highest BCUT2D eigenvalue weighted by molar-refractivity contribution is 7.90. The van der Waals surface area contributed by atoms with E-state index in [-0.39, 0.29) is 53.1 Å². The maximum Gasteiger partial charge on any atom is 0.293 e. The monoisotopic (exact) mass is 1260 g/mol. The van der Waals surface area contributed by atoms with Crippen LogP contribution in [0.5, 0.6) is 17.2 Å². The number of aromatic nitrogens is 2. The first-order valence-corrected chi connectivity index (χ1v) is 33.4. The number of carbonyl (C=O) groups excluding carboxylic acids is 4. The molecule has 3 saturated heterocycles. The van der Waals surface area contributed by atoms with Crippen molar-refractivity contribution in [2.75, 3.05) is 88.8 Å². The number of pyridine rings is 1. The fourth-order valence-electron chi connectivity index (χ4n) is 13.8. The van der Waals surface area contributed by atoms with Crippen molar-refractivity contribution in [2.24, 2.45) is 11.3 Å². The highest BCUT2D eigenvalue weighted by atomic mass is 35.5. The molecule has 6 aromatic rings. The van der Waals surface area contributed by atoms with Crippen molar-refractivity contribution in [1.82, 2.24) is 39.6 Å². The molecule has 21 nitrogen and oxygen atoms in total. The van der Waals surface area contributed by atoms with Gasteiger partial charge >= 0.3 is 0 Å². The number of allylic oxidation sites excluding steroid dienone is 1. The normalized spacial score (nSPS) is 21.1. The molecule has 0 spiro atoms. The maximum atomic E-state index is 14.2. The zero-order valence-corrected chi connectivity index (χ0v) is 52.6. The number of H-pyrrole nitrogens is 1. The highest BCUT2D eigenvalue weighted by Gasteiger charge is 2.41. The number of sulfonamides is 1. The van der Waals surface area contributed by atoms with Gasteiger partial charge in [0.25, 0.3) is 27.5 Å². The number of hydrogen-bond donors (Lipinski definition) is 4. The number of rotatable bonds is 21. The van der Waals surface area contributed by atoms with Crippen molar-refractivity contribution in [1.29, 1.82) is 0 Å². The van der Waals surface area contributed by atoms with Crippen LogP contribution in [0.1, 0.15) is 116 Å². The van der Waals surface area contributed by atoms with Gasteiger partial charge in [-0.05, 0) is 154 Å². The summed E-state index contributed by atoms with van der Waals surface area (Å²) in [6.45, 7) is 14.7. The molecule has 6 heterocycles. The highest BCUT2D eigenvalue weighted by Crippen LogP contribution is 2.44. The van der Waals surface area contributed by atoms with Gasteiger partial charge in [-0.1, -0.05) is 49.2 Å². The van der Waals surface area contributed by atoms with Gasteiger partial charge in [-0.3, -0.25) is 44.4 Å². The molecule has 1 unspecified atom stereocenters. The van der Waals surface area contributed by atoms with Crippen LogP contribution in [0.4, 0.5) is 17.1 Å². The van der Waals surface area contributed by atoms with Crippen LogP contribution >= 0.6 is 11.6 Å². The number of unbranched alkanes of at least 4 members (excludes halogenated alkanes) is 1. The Balaban J connectivity index is 0.612. The summed E-state index contributed by atoms with van der Waals surface area (Å²) in [6, 6.07) is 25.8. The standard InChI is InChI=1S/C67H78ClN11O10S/c1-67(2)24-22-47(55(39-67)45-10-12-48(68)13-11-45)42-75-29-33-77(34-30-75)50-16-18-54(61(37-50)89-51-36-46-23-25-69-63(46)71-41-51)64(81)73-90(86,87)52-17-19-57(59(38-52)79(84)85)70-40-44-8-14-49(15-9-44)76-31-27-74(28-32-76)26-3-4-35-88-60-7-5-6-53-56(60)43-78(66(53)83)58-20-21-62(80)72-65(58)82/h5-7,10-13,16-19,23,25,36-38,41,44,49,58,70H,3-4,8-9,14-15,20-22,24,26-35,39-40,42-43H2,1-2H3,(H,69,71)(H,73,81)(H,72,80,82)/t44-,49-,58?. The number of ether oxygens (including phenoxy) is 2. The molecule has 0 radical (unpaired) electrons. The van der Waals surface area contributed by atoms with Crippen LogP contribution in [0.25, 0.3) is 16.6 Å². The van der Waals surface area contributed by atoms with Crippen LogP contribution < -0.4 is 29.7 Å². The second-order valence-corrected chi connectivity index (χ2v) is 27.7. The van der Waals surface area contributed by atoms with Gasteiger partial charge in [0.15, 0.2) is 0 Å². The molecule has 1 atom stereocenters. The summed E-state index contributed by atoms with van der Waals surface area (Å²) in [6.07, 6.45) is 12.7. The molecule has 4 N–H and O–H groups in total. The Morgan fingerprint density at radius 1 is 0.856 bits per heavy atom. The number of imide groups is 1. The minimum absolute atomic E-state index is 0.0465. The number of piperazine rings is 2. The van der Waals surface area contributed by atoms with Crippen molar-refractivity contribution >= 4 is 78.9 Å². The van der Waals surface area contributed by atoms with Crippen LogP contribution in [0, 0.1) is 21.4 Å². The minimum atomic E-state index is -4.62. The zero-order valence-electron chi connectivity index (χ0n) is 51.0. The molecule has 4 aliphatic heterocycles. The first-order chi connectivity index (χ1) is 43.4. The van der Waals surface area contributed by atoms with Gasteiger partial charge in [0, 0.05) is 123 Å². The molecular weight excluding hydrogens is 1190 g/mol. The number of carbonyl (C=O) groups is 4. The van der Waals surface area contributed by atoms with E-state index in [0.717, 1.165) is 138 Å². The number of amides is 4. The lowest BCUT2D eigenvalue weighted by Gasteiger charge is -2.42. The van der Waals surface area contributed by atoms with Gasteiger partial charge in [-0.2, -0.15) is 0 Å². The summed E-state index contributed by atoms with van der Waals surface area (Å²) >= 11 is 6.28. The third kappa shape index (κ3) is 14.3. The summed E-state index contributed by atoms with van der Waals surface area (Å²) in [7, 11) is -4.62. The predicted octanol–water partition coefficient (Wildman–Crippen LogP) is 10.0. The number of nitrogens with zero attached hydrogens (tertiary/aromatic N) is 7. The van der Waals surface area contributed by atoms with Crippen molar-refractivity contribution in [3.63, 3.8) is 0 Å². The zero-order chi connectivity index (χ0) is 62.7. The molecule has 2 aliphatic carbocycles. The average molecular weight is 1260 g/mol. The fourth-order valence-corrected chi connectivity index (χ4v) is 14.9. The van der Waals surface area contributed by atoms with Crippen molar-refractivity contribution < 1.29 is 42.0 Å². The minimum Gasteiger partial charge on any atom is -0.493 e. The van der Waals surface area contributed by atoms with Gasteiger partial charge < -0.3 is 34.5 Å². The molecule has 4 aromatic carbocycles. The molecule has 12 rings (SSSR count). The van der Waals surface area contributed by atoms with E-state index in [9.17, 15) is 37.7 Å². The Morgan fingerprint density at radius 3 is 2.40 bits per heavy atom. The number of aromatic amines is 1. The van der Waals surface area contributed by atoms with E-state index in [2.05, 4.69) is 70.9 Å². The molecule has 90 heavy (non-hydrogen) atoms. The lowest BCUT2D eigenvalue weighted by atomic mass is 9.72. The van der Waals surface area contributed by atoms with E-state index >= 15 is 0 Å². The third-order valence-electron chi connectivity index (χ3n) is 19.0. The predicted molar refractivity (Wildman–Crippen MR) is 344 cm³/mol. The topological polar surface area (TPSA) is 245 Å². The van der Waals surface area contributed by atoms with E-state index in [1.165, 1.54) is 35.0 Å². The average Bonchev–Trinajstić information content (AvgIpc) is 1.60. The third-order valence-corrected chi connectivity index (χ3v) is 20.6. The summed E-state index contributed by atoms with van der Waals surface area (Å²) in [5.41, 5.74) is 6.80. The number of nitrogens with one attached hydrogen (secondary N) is 4. The Kier molecular flexibility index (Phi) is 18.6. The second-order valence-electron chi connectivity index (χ2n) is 25.6. The molecule has 2 aromatic heterocycles. The Bertz CT molecular complexity index is 3830. The van der Waals surface area contributed by atoms with E-state index in [1.807, 2.05) is 24.3 Å².